The number of hydrogen-bond acceptors (Lipinski definition) is 4. The number of amides is 1. The van der Waals surface area contributed by atoms with Gasteiger partial charge in [0.05, 0.1) is 13.2 Å². The molecule has 1 rings (SSSR count). The zero-order valence-electron chi connectivity index (χ0n) is 10.3. The molecule has 0 heterocycles. The summed E-state index contributed by atoms with van der Waals surface area (Å²) in [5.41, 5.74) is 0.731. The van der Waals surface area contributed by atoms with Crippen LogP contribution < -0.4 is 0 Å². The number of unbranched alkanes of at least 4 members (excludes halogenated alkanes) is 1. The second-order valence-electron chi connectivity index (χ2n) is 3.84. The van der Waals surface area contributed by atoms with Crippen LogP contribution in [0.25, 0.3) is 0 Å². The summed E-state index contributed by atoms with van der Waals surface area (Å²) in [6.07, 6.45) is 1.57. The standard InChI is InChI=1S/C13H17NO4/c1-2-3-9-18-13(16)12(15)14(17)10-11-7-5-4-6-8-11/h4-8,17H,2-3,9-10H2,1H3. The van der Waals surface area contributed by atoms with Gasteiger partial charge in [0.25, 0.3) is 0 Å². The summed E-state index contributed by atoms with van der Waals surface area (Å²) in [5.74, 6) is -2.07. The van der Waals surface area contributed by atoms with Gasteiger partial charge in [-0.3, -0.25) is 10.0 Å². The van der Waals surface area contributed by atoms with E-state index in [0.717, 1.165) is 12.0 Å². The van der Waals surface area contributed by atoms with Gasteiger partial charge in [-0.1, -0.05) is 43.7 Å². The molecule has 1 amide bonds. The Kier molecular flexibility index (Phi) is 5.87. The molecule has 0 unspecified atom stereocenters. The molecule has 5 heteroatoms. The Morgan fingerprint density at radius 1 is 1.28 bits per heavy atom. The van der Waals surface area contributed by atoms with Crippen molar-refractivity contribution in [1.82, 2.24) is 5.06 Å². The van der Waals surface area contributed by atoms with Gasteiger partial charge >= 0.3 is 11.9 Å². The van der Waals surface area contributed by atoms with Crippen LogP contribution in [0.5, 0.6) is 0 Å². The van der Waals surface area contributed by atoms with Crippen molar-refractivity contribution >= 4 is 11.9 Å². The van der Waals surface area contributed by atoms with Crippen LogP contribution in [0.15, 0.2) is 30.3 Å². The number of nitrogens with zero attached hydrogens (tertiary/aromatic N) is 1. The molecule has 0 aliphatic heterocycles. The van der Waals surface area contributed by atoms with Gasteiger partial charge in [0, 0.05) is 0 Å². The average Bonchev–Trinajstić information content (AvgIpc) is 2.39. The molecule has 0 bridgehead atoms. The third kappa shape index (κ3) is 4.55. The van der Waals surface area contributed by atoms with Crippen molar-refractivity contribution < 1.29 is 19.5 Å². The van der Waals surface area contributed by atoms with Crippen LogP contribution in [-0.2, 0) is 20.9 Å². The largest absolute Gasteiger partial charge is 0.458 e. The minimum atomic E-state index is -1.05. The van der Waals surface area contributed by atoms with Gasteiger partial charge in [-0.05, 0) is 12.0 Å². The molecule has 0 atom stereocenters. The molecule has 1 aromatic rings. The first-order valence-corrected chi connectivity index (χ1v) is 5.86. The fraction of sp³-hybridized carbons (Fsp3) is 0.385. The monoisotopic (exact) mass is 251 g/mol. The molecule has 18 heavy (non-hydrogen) atoms. The fourth-order valence-corrected chi connectivity index (χ4v) is 1.30. The third-order valence-corrected chi connectivity index (χ3v) is 2.32. The van der Waals surface area contributed by atoms with Crippen molar-refractivity contribution in [3.05, 3.63) is 35.9 Å². The van der Waals surface area contributed by atoms with E-state index >= 15 is 0 Å². The average molecular weight is 251 g/mol. The van der Waals surface area contributed by atoms with Crippen LogP contribution in [0.2, 0.25) is 0 Å². The summed E-state index contributed by atoms with van der Waals surface area (Å²) >= 11 is 0. The number of rotatable bonds is 5. The van der Waals surface area contributed by atoms with Crippen LogP contribution in [0.1, 0.15) is 25.3 Å². The number of esters is 1. The van der Waals surface area contributed by atoms with Gasteiger partial charge in [0.15, 0.2) is 0 Å². The number of benzene rings is 1. The smallest absolute Gasteiger partial charge is 0.399 e. The Morgan fingerprint density at radius 2 is 1.94 bits per heavy atom. The lowest BCUT2D eigenvalue weighted by atomic mass is 10.2. The van der Waals surface area contributed by atoms with Crippen LogP contribution >= 0.6 is 0 Å². The first-order valence-electron chi connectivity index (χ1n) is 5.86. The van der Waals surface area contributed by atoms with E-state index in [1.165, 1.54) is 0 Å². The zero-order chi connectivity index (χ0) is 13.4. The Morgan fingerprint density at radius 3 is 2.56 bits per heavy atom. The Labute approximate surface area is 106 Å². The van der Waals surface area contributed by atoms with E-state index < -0.39 is 11.9 Å². The van der Waals surface area contributed by atoms with E-state index in [1.807, 2.05) is 13.0 Å². The van der Waals surface area contributed by atoms with Gasteiger partial charge in [-0.25, -0.2) is 9.86 Å². The van der Waals surface area contributed by atoms with E-state index in [1.54, 1.807) is 24.3 Å². The maximum absolute atomic E-state index is 11.4. The van der Waals surface area contributed by atoms with Gasteiger partial charge in [0.1, 0.15) is 0 Å². The maximum Gasteiger partial charge on any atom is 0.399 e. The SMILES string of the molecule is CCCCOC(=O)C(=O)N(O)Cc1ccccc1. The summed E-state index contributed by atoms with van der Waals surface area (Å²) in [7, 11) is 0. The number of hydroxylamine groups is 2. The van der Waals surface area contributed by atoms with E-state index in [4.69, 9.17) is 4.74 Å². The Balaban J connectivity index is 2.43. The first-order chi connectivity index (χ1) is 8.65. The zero-order valence-corrected chi connectivity index (χ0v) is 10.3. The molecule has 0 aliphatic rings. The lowest BCUT2D eigenvalue weighted by molar-refractivity contribution is -0.182. The molecule has 0 saturated carbocycles. The van der Waals surface area contributed by atoms with Crippen LogP contribution in [0.3, 0.4) is 0 Å². The molecule has 1 N–H and O–H groups in total. The van der Waals surface area contributed by atoms with Gasteiger partial charge < -0.3 is 4.74 Å². The normalized spacial score (nSPS) is 9.89. The van der Waals surface area contributed by atoms with E-state index in [0.29, 0.717) is 11.5 Å². The summed E-state index contributed by atoms with van der Waals surface area (Å²) in [6, 6.07) is 8.89. The molecule has 0 saturated heterocycles. The highest BCUT2D eigenvalue weighted by atomic mass is 16.6. The molecule has 0 radical (unpaired) electrons. The predicted molar refractivity (Wildman–Crippen MR) is 64.6 cm³/mol. The van der Waals surface area contributed by atoms with E-state index in [9.17, 15) is 14.8 Å². The van der Waals surface area contributed by atoms with Gasteiger partial charge in [-0.15, -0.1) is 0 Å². The molecule has 0 fully saturated rings. The molecular weight excluding hydrogens is 234 g/mol. The first kappa shape index (κ1) is 14.2. The lowest BCUT2D eigenvalue weighted by Crippen LogP contribution is -2.34. The van der Waals surface area contributed by atoms with Crippen LogP contribution in [-0.4, -0.2) is 28.8 Å². The second kappa shape index (κ2) is 7.45. The van der Waals surface area contributed by atoms with Gasteiger partial charge in [0.2, 0.25) is 0 Å². The Bertz CT molecular complexity index is 391. The maximum atomic E-state index is 11.4. The van der Waals surface area contributed by atoms with Crippen LogP contribution in [0, 0.1) is 0 Å². The topological polar surface area (TPSA) is 66.8 Å². The highest BCUT2D eigenvalue weighted by Gasteiger charge is 2.22. The highest BCUT2D eigenvalue weighted by Crippen LogP contribution is 2.03. The van der Waals surface area contributed by atoms with Crippen LogP contribution in [0.4, 0.5) is 0 Å². The quantitative estimate of drug-likeness (QED) is 0.284. The molecule has 5 nitrogen and oxygen atoms in total. The molecule has 98 valence electrons. The number of hydrogen-bond donors (Lipinski definition) is 1. The Hall–Kier alpha value is -1.88. The van der Waals surface area contributed by atoms with Crippen molar-refractivity contribution in [1.29, 1.82) is 0 Å². The molecule has 0 aromatic heterocycles. The number of carbonyl (C=O) groups is 2. The summed E-state index contributed by atoms with van der Waals surface area (Å²) in [5, 5.41) is 9.85. The summed E-state index contributed by atoms with van der Waals surface area (Å²) in [6.45, 7) is 2.10. The van der Waals surface area contributed by atoms with E-state index in [-0.39, 0.29) is 13.2 Å². The minimum Gasteiger partial charge on any atom is -0.458 e. The van der Waals surface area contributed by atoms with Gasteiger partial charge in [-0.2, -0.15) is 0 Å². The minimum absolute atomic E-state index is 0.0391. The van der Waals surface area contributed by atoms with Crippen molar-refractivity contribution in [3.63, 3.8) is 0 Å². The third-order valence-electron chi connectivity index (χ3n) is 2.32. The molecule has 0 aliphatic carbocycles. The summed E-state index contributed by atoms with van der Waals surface area (Å²) in [4.78, 5) is 22.7. The van der Waals surface area contributed by atoms with Crippen molar-refractivity contribution in [2.75, 3.05) is 6.61 Å². The van der Waals surface area contributed by atoms with Crippen molar-refractivity contribution in [2.45, 2.75) is 26.3 Å². The number of ether oxygens (including phenoxy) is 1. The van der Waals surface area contributed by atoms with Crippen molar-refractivity contribution in [2.24, 2.45) is 0 Å². The van der Waals surface area contributed by atoms with Crippen molar-refractivity contribution in [3.8, 4) is 0 Å². The molecule has 1 aromatic carbocycles. The number of carbonyl (C=O) groups excluding carboxylic acids is 2. The lowest BCUT2D eigenvalue weighted by Gasteiger charge is -2.13. The predicted octanol–water partition coefficient (Wildman–Crippen LogP) is 1.75. The highest BCUT2D eigenvalue weighted by molar-refractivity contribution is 6.31. The molecule has 0 spiro atoms. The fourth-order valence-electron chi connectivity index (χ4n) is 1.30. The summed E-state index contributed by atoms with van der Waals surface area (Å²) < 4.78 is 4.71. The van der Waals surface area contributed by atoms with E-state index in [2.05, 4.69) is 0 Å². The molecular formula is C13H17NO4. The second-order valence-corrected chi connectivity index (χ2v) is 3.84.